The van der Waals surface area contributed by atoms with E-state index in [1.54, 1.807) is 24.3 Å². The molecule has 1 aliphatic carbocycles. The molecule has 0 radical (unpaired) electrons. The number of benzene rings is 1. The van der Waals surface area contributed by atoms with Gasteiger partial charge in [0, 0.05) is 6.08 Å². The lowest BCUT2D eigenvalue weighted by Gasteiger charge is -2.36. The van der Waals surface area contributed by atoms with Crippen LogP contribution in [0.25, 0.3) is 0 Å². The van der Waals surface area contributed by atoms with Crippen molar-refractivity contribution in [3.8, 4) is 5.75 Å². The van der Waals surface area contributed by atoms with Crippen molar-refractivity contribution in [2.45, 2.75) is 46.1 Å². The van der Waals surface area contributed by atoms with Crippen molar-refractivity contribution in [2.75, 3.05) is 0 Å². The van der Waals surface area contributed by atoms with Crippen LogP contribution < -0.4 is 4.74 Å². The van der Waals surface area contributed by atoms with Crippen molar-refractivity contribution in [1.82, 2.24) is 0 Å². The van der Waals surface area contributed by atoms with Crippen LogP contribution in [0, 0.1) is 17.8 Å². The van der Waals surface area contributed by atoms with Gasteiger partial charge in [0.05, 0.1) is 0 Å². The maximum Gasteiger partial charge on any atom is 0.342 e. The molecule has 1 saturated carbocycles. The first kappa shape index (κ1) is 18.2. The van der Waals surface area contributed by atoms with E-state index < -0.39 is 11.9 Å². The summed E-state index contributed by atoms with van der Waals surface area (Å²) in [7, 11) is 0. The Kier molecular flexibility index (Phi) is 6.18. The van der Waals surface area contributed by atoms with Gasteiger partial charge < -0.3 is 9.47 Å². The number of carbonyl (C=O) groups excluding carboxylic acids is 2. The zero-order valence-electron chi connectivity index (χ0n) is 14.7. The predicted octanol–water partition coefficient (Wildman–Crippen LogP) is 4.40. The molecule has 1 aliphatic rings. The van der Waals surface area contributed by atoms with Gasteiger partial charge in [-0.2, -0.15) is 0 Å². The summed E-state index contributed by atoms with van der Waals surface area (Å²) in [6.45, 7) is 9.90. The lowest BCUT2D eigenvalue weighted by atomic mass is 9.75. The first-order chi connectivity index (χ1) is 11.4. The average molecular weight is 330 g/mol. The van der Waals surface area contributed by atoms with Gasteiger partial charge in [-0.25, -0.2) is 9.59 Å². The van der Waals surface area contributed by atoms with Crippen LogP contribution in [0.2, 0.25) is 0 Å². The summed E-state index contributed by atoms with van der Waals surface area (Å²) in [5, 5.41) is 0. The molecule has 1 aromatic rings. The second kappa shape index (κ2) is 8.13. The van der Waals surface area contributed by atoms with Gasteiger partial charge in [-0.05, 0) is 42.7 Å². The van der Waals surface area contributed by atoms with Crippen LogP contribution in [0.3, 0.4) is 0 Å². The van der Waals surface area contributed by atoms with Crippen molar-refractivity contribution in [3.05, 3.63) is 42.5 Å². The van der Waals surface area contributed by atoms with E-state index in [0.29, 0.717) is 17.8 Å². The number of para-hydroxylation sites is 1. The van der Waals surface area contributed by atoms with E-state index in [-0.39, 0.29) is 17.4 Å². The summed E-state index contributed by atoms with van der Waals surface area (Å²) in [6, 6.07) is 6.64. The highest BCUT2D eigenvalue weighted by Gasteiger charge is 2.34. The predicted molar refractivity (Wildman–Crippen MR) is 92.8 cm³/mol. The Morgan fingerprint density at radius 2 is 1.96 bits per heavy atom. The number of hydrogen-bond donors (Lipinski definition) is 0. The molecule has 1 aromatic carbocycles. The van der Waals surface area contributed by atoms with E-state index in [0.717, 1.165) is 18.9 Å². The second-order valence-electron chi connectivity index (χ2n) is 6.89. The monoisotopic (exact) mass is 330 g/mol. The van der Waals surface area contributed by atoms with Gasteiger partial charge in [0.15, 0.2) is 0 Å². The number of ether oxygens (including phenoxy) is 2. The number of hydrogen-bond acceptors (Lipinski definition) is 4. The van der Waals surface area contributed by atoms with Crippen LogP contribution in [0.5, 0.6) is 5.75 Å². The molecule has 3 atom stereocenters. The average Bonchev–Trinajstić information content (AvgIpc) is 2.54. The second-order valence-corrected chi connectivity index (χ2v) is 6.89. The fourth-order valence-corrected chi connectivity index (χ4v) is 3.33. The Morgan fingerprint density at radius 3 is 2.62 bits per heavy atom. The molecule has 0 bridgehead atoms. The van der Waals surface area contributed by atoms with Crippen molar-refractivity contribution in [2.24, 2.45) is 17.8 Å². The fourth-order valence-electron chi connectivity index (χ4n) is 3.33. The van der Waals surface area contributed by atoms with E-state index in [9.17, 15) is 9.59 Å². The maximum atomic E-state index is 12.6. The quantitative estimate of drug-likeness (QED) is 0.456. The van der Waals surface area contributed by atoms with Crippen LogP contribution in [0.1, 0.15) is 50.4 Å². The SMILES string of the molecule is C=CC(=O)Oc1ccccc1C(=O)OC1CC(C)CCC1C(C)C. The molecule has 130 valence electrons. The molecule has 0 spiro atoms. The van der Waals surface area contributed by atoms with Crippen LogP contribution in [-0.4, -0.2) is 18.0 Å². The zero-order valence-corrected chi connectivity index (χ0v) is 14.7. The van der Waals surface area contributed by atoms with Crippen molar-refractivity contribution in [1.29, 1.82) is 0 Å². The van der Waals surface area contributed by atoms with Gasteiger partial charge in [0.1, 0.15) is 17.4 Å². The van der Waals surface area contributed by atoms with Crippen LogP contribution >= 0.6 is 0 Å². The zero-order chi connectivity index (χ0) is 17.7. The molecule has 0 amide bonds. The standard InChI is InChI=1S/C20H26O4/c1-5-19(21)23-17-9-7-6-8-16(17)20(22)24-18-12-14(4)10-11-15(18)13(2)3/h5-9,13-15,18H,1,10-12H2,2-4H3. The van der Waals surface area contributed by atoms with Gasteiger partial charge in [0.2, 0.25) is 0 Å². The van der Waals surface area contributed by atoms with Crippen molar-refractivity contribution in [3.63, 3.8) is 0 Å². The lowest BCUT2D eigenvalue weighted by molar-refractivity contribution is -0.128. The van der Waals surface area contributed by atoms with E-state index in [2.05, 4.69) is 27.4 Å². The summed E-state index contributed by atoms with van der Waals surface area (Å²) in [6.07, 6.45) is 4.10. The molecule has 0 N–H and O–H groups in total. The smallest absolute Gasteiger partial charge is 0.342 e. The van der Waals surface area contributed by atoms with Gasteiger partial charge >= 0.3 is 11.9 Å². The third-order valence-electron chi connectivity index (χ3n) is 4.70. The van der Waals surface area contributed by atoms with Crippen molar-refractivity contribution >= 4 is 11.9 Å². The van der Waals surface area contributed by atoms with E-state index in [1.807, 2.05) is 0 Å². The third kappa shape index (κ3) is 4.47. The van der Waals surface area contributed by atoms with Crippen molar-refractivity contribution < 1.29 is 19.1 Å². The molecule has 24 heavy (non-hydrogen) atoms. The molecule has 1 fully saturated rings. The van der Waals surface area contributed by atoms with Gasteiger partial charge in [-0.15, -0.1) is 0 Å². The summed E-state index contributed by atoms with van der Waals surface area (Å²) < 4.78 is 11.0. The molecule has 0 aromatic heterocycles. The minimum atomic E-state index is -0.596. The Morgan fingerprint density at radius 1 is 1.25 bits per heavy atom. The van der Waals surface area contributed by atoms with E-state index in [4.69, 9.17) is 9.47 Å². The fraction of sp³-hybridized carbons (Fsp3) is 0.500. The first-order valence-corrected chi connectivity index (χ1v) is 8.56. The summed E-state index contributed by atoms with van der Waals surface area (Å²) in [5.74, 6) is 0.551. The van der Waals surface area contributed by atoms with Crippen LogP contribution in [0.4, 0.5) is 0 Å². The normalized spacial score (nSPS) is 23.6. The highest BCUT2D eigenvalue weighted by atomic mass is 16.6. The Labute approximate surface area is 143 Å². The molecule has 3 unspecified atom stereocenters. The highest BCUT2D eigenvalue weighted by Crippen LogP contribution is 2.36. The van der Waals surface area contributed by atoms with Gasteiger partial charge in [-0.1, -0.05) is 45.9 Å². The number of carbonyl (C=O) groups is 2. The van der Waals surface area contributed by atoms with Crippen LogP contribution in [-0.2, 0) is 9.53 Å². The Balaban J connectivity index is 2.16. The molecule has 2 rings (SSSR count). The molecular weight excluding hydrogens is 304 g/mol. The molecule has 4 heteroatoms. The highest BCUT2D eigenvalue weighted by molar-refractivity contribution is 5.94. The van der Waals surface area contributed by atoms with E-state index >= 15 is 0 Å². The summed E-state index contributed by atoms with van der Waals surface area (Å²) in [5.41, 5.74) is 0.272. The third-order valence-corrected chi connectivity index (χ3v) is 4.70. The minimum absolute atomic E-state index is 0.0931. The van der Waals surface area contributed by atoms with Gasteiger partial charge in [0.25, 0.3) is 0 Å². The maximum absolute atomic E-state index is 12.6. The van der Waals surface area contributed by atoms with Gasteiger partial charge in [-0.3, -0.25) is 0 Å². The Hall–Kier alpha value is -2.10. The largest absolute Gasteiger partial charge is 0.458 e. The molecule has 0 saturated heterocycles. The molecule has 4 nitrogen and oxygen atoms in total. The minimum Gasteiger partial charge on any atom is -0.458 e. The van der Waals surface area contributed by atoms with Crippen LogP contribution in [0.15, 0.2) is 36.9 Å². The summed E-state index contributed by atoms with van der Waals surface area (Å²) in [4.78, 5) is 24.1. The Bertz CT molecular complexity index is 605. The summed E-state index contributed by atoms with van der Waals surface area (Å²) >= 11 is 0. The van der Waals surface area contributed by atoms with E-state index in [1.165, 1.54) is 6.42 Å². The topological polar surface area (TPSA) is 52.6 Å². The molecule has 0 heterocycles. The molecule has 0 aliphatic heterocycles. The first-order valence-electron chi connectivity index (χ1n) is 8.56. The lowest BCUT2D eigenvalue weighted by Crippen LogP contribution is -2.36. The molecular formula is C20H26O4. The number of rotatable bonds is 5. The number of esters is 2.